The minimum absolute atomic E-state index is 0.0360. The zero-order chi connectivity index (χ0) is 14.1. The number of likely N-dealkylation sites (N-methyl/N-ethyl adjacent to an activating group) is 1. The number of urea groups is 1. The van der Waals surface area contributed by atoms with Crippen LogP contribution in [0.15, 0.2) is 24.3 Å². The number of hydrogen-bond acceptors (Lipinski definition) is 5. The maximum Gasteiger partial charge on any atom is 0.324 e. The first-order valence-electron chi connectivity index (χ1n) is 6.33. The monoisotopic (exact) mass is 289 g/mol. The summed E-state index contributed by atoms with van der Waals surface area (Å²) < 4.78 is 4.13. The van der Waals surface area contributed by atoms with E-state index in [4.69, 9.17) is 0 Å². The van der Waals surface area contributed by atoms with Gasteiger partial charge in [0.05, 0.1) is 0 Å². The first-order valence-corrected chi connectivity index (χ1v) is 7.11. The minimum atomic E-state index is 0.0360. The summed E-state index contributed by atoms with van der Waals surface area (Å²) in [5, 5.41) is 3.96. The van der Waals surface area contributed by atoms with E-state index in [2.05, 4.69) is 14.7 Å². The van der Waals surface area contributed by atoms with Gasteiger partial charge in [0, 0.05) is 43.0 Å². The van der Waals surface area contributed by atoms with Crippen molar-refractivity contribution < 1.29 is 4.79 Å². The highest BCUT2D eigenvalue weighted by Gasteiger charge is 2.26. The van der Waals surface area contributed by atoms with Crippen LogP contribution < -0.4 is 10.2 Å². The molecule has 1 aromatic carbocycles. The second-order valence-electron chi connectivity index (χ2n) is 4.68. The molecule has 3 rings (SSSR count). The zero-order valence-corrected chi connectivity index (χ0v) is 12.1. The molecule has 1 saturated heterocycles. The Labute approximate surface area is 121 Å². The summed E-state index contributed by atoms with van der Waals surface area (Å²) in [5.74, 6) is 0.755. The lowest BCUT2D eigenvalue weighted by Gasteiger charge is -2.16. The predicted molar refractivity (Wildman–Crippen MR) is 79.7 cm³/mol. The molecule has 0 saturated carbocycles. The number of benzene rings is 1. The Kier molecular flexibility index (Phi) is 3.27. The van der Waals surface area contributed by atoms with Gasteiger partial charge in [0.15, 0.2) is 0 Å². The molecule has 1 fully saturated rings. The van der Waals surface area contributed by atoms with Crippen LogP contribution in [0.3, 0.4) is 0 Å². The van der Waals surface area contributed by atoms with Crippen LogP contribution in [0.2, 0.25) is 0 Å². The molecular weight excluding hydrogens is 274 g/mol. The molecule has 7 heteroatoms. The summed E-state index contributed by atoms with van der Waals surface area (Å²) in [6.07, 6.45) is 0. The third-order valence-electron chi connectivity index (χ3n) is 3.15. The number of carbonyl (C=O) groups excluding carboxylic acids is 1. The van der Waals surface area contributed by atoms with Crippen LogP contribution in [0.5, 0.6) is 0 Å². The van der Waals surface area contributed by atoms with Crippen LogP contribution in [-0.4, -0.2) is 40.4 Å². The van der Waals surface area contributed by atoms with Crippen molar-refractivity contribution >= 4 is 34.1 Å². The van der Waals surface area contributed by atoms with Crippen LogP contribution in [0.1, 0.15) is 5.82 Å². The summed E-state index contributed by atoms with van der Waals surface area (Å²) in [4.78, 5) is 19.7. The van der Waals surface area contributed by atoms with Crippen molar-refractivity contribution in [1.29, 1.82) is 0 Å². The summed E-state index contributed by atoms with van der Waals surface area (Å²) >= 11 is 1.32. The smallest absolute Gasteiger partial charge is 0.324 e. The molecule has 0 bridgehead atoms. The molecule has 6 nitrogen and oxygen atoms in total. The summed E-state index contributed by atoms with van der Waals surface area (Å²) in [5.41, 5.74) is 1.80. The van der Waals surface area contributed by atoms with E-state index in [1.54, 1.807) is 9.80 Å². The van der Waals surface area contributed by atoms with E-state index in [1.165, 1.54) is 11.5 Å². The summed E-state index contributed by atoms with van der Waals surface area (Å²) in [7, 11) is 1.81. The van der Waals surface area contributed by atoms with Crippen molar-refractivity contribution in [3.05, 3.63) is 30.1 Å². The van der Waals surface area contributed by atoms with Crippen molar-refractivity contribution in [3.63, 3.8) is 0 Å². The fraction of sp³-hybridized carbons (Fsp3) is 0.308. The Morgan fingerprint density at radius 1 is 1.35 bits per heavy atom. The van der Waals surface area contributed by atoms with Crippen molar-refractivity contribution in [2.45, 2.75) is 6.92 Å². The third-order valence-corrected chi connectivity index (χ3v) is 3.87. The number of nitrogens with one attached hydrogen (secondary N) is 1. The largest absolute Gasteiger partial charge is 0.330 e. The number of anilines is 3. The standard InChI is InChI=1S/C13H15N5OS/c1-9-14-12(20-16-9)15-10-4-3-5-11(8-10)18-7-6-17(2)13(18)19/h3-5,8H,6-7H2,1-2H3,(H,14,15,16). The van der Waals surface area contributed by atoms with Crippen LogP contribution in [0.25, 0.3) is 0 Å². The Morgan fingerprint density at radius 3 is 2.85 bits per heavy atom. The highest BCUT2D eigenvalue weighted by Crippen LogP contribution is 2.25. The molecule has 2 heterocycles. The topological polar surface area (TPSA) is 61.4 Å². The van der Waals surface area contributed by atoms with E-state index < -0.39 is 0 Å². The van der Waals surface area contributed by atoms with Crippen LogP contribution >= 0.6 is 11.5 Å². The fourth-order valence-corrected chi connectivity index (χ4v) is 2.71. The van der Waals surface area contributed by atoms with Crippen LogP contribution in [0.4, 0.5) is 21.3 Å². The van der Waals surface area contributed by atoms with E-state index in [0.717, 1.165) is 35.4 Å². The molecule has 1 aromatic heterocycles. The maximum atomic E-state index is 12.0. The molecule has 2 amide bonds. The van der Waals surface area contributed by atoms with Gasteiger partial charge in [-0.2, -0.15) is 4.37 Å². The normalized spacial score (nSPS) is 15.0. The van der Waals surface area contributed by atoms with Gasteiger partial charge >= 0.3 is 6.03 Å². The number of aromatic nitrogens is 2. The van der Waals surface area contributed by atoms with Gasteiger partial charge in [0.1, 0.15) is 5.82 Å². The number of amides is 2. The third kappa shape index (κ3) is 2.44. The number of rotatable bonds is 3. The second-order valence-corrected chi connectivity index (χ2v) is 5.43. The van der Waals surface area contributed by atoms with E-state index in [0.29, 0.717) is 0 Å². The molecule has 0 atom stereocenters. The summed E-state index contributed by atoms with van der Waals surface area (Å²) in [6, 6.07) is 7.80. The number of nitrogens with zero attached hydrogens (tertiary/aromatic N) is 4. The van der Waals surface area contributed by atoms with E-state index in [1.807, 2.05) is 38.2 Å². The lowest BCUT2D eigenvalue weighted by Crippen LogP contribution is -2.29. The van der Waals surface area contributed by atoms with Gasteiger partial charge in [-0.3, -0.25) is 4.90 Å². The quantitative estimate of drug-likeness (QED) is 0.943. The number of aryl methyl sites for hydroxylation is 1. The highest BCUT2D eigenvalue weighted by atomic mass is 32.1. The number of carbonyl (C=O) groups is 1. The zero-order valence-electron chi connectivity index (χ0n) is 11.3. The Bertz CT molecular complexity index is 641. The van der Waals surface area contributed by atoms with Crippen molar-refractivity contribution in [3.8, 4) is 0 Å². The SMILES string of the molecule is Cc1nsc(Nc2cccc(N3CCN(C)C3=O)c2)n1. The van der Waals surface area contributed by atoms with Gasteiger partial charge in [0.25, 0.3) is 0 Å². The van der Waals surface area contributed by atoms with Gasteiger partial charge in [-0.1, -0.05) is 6.07 Å². The Balaban J connectivity index is 1.81. The Hall–Kier alpha value is -2.15. The molecule has 1 aliphatic heterocycles. The summed E-state index contributed by atoms with van der Waals surface area (Å²) in [6.45, 7) is 3.33. The average Bonchev–Trinajstić information content (AvgIpc) is 2.98. The first-order chi connectivity index (χ1) is 9.63. The molecule has 0 spiro atoms. The molecule has 0 unspecified atom stereocenters. The van der Waals surface area contributed by atoms with E-state index in [9.17, 15) is 4.79 Å². The average molecular weight is 289 g/mol. The van der Waals surface area contributed by atoms with Gasteiger partial charge < -0.3 is 10.2 Å². The van der Waals surface area contributed by atoms with Gasteiger partial charge in [-0.15, -0.1) is 0 Å². The van der Waals surface area contributed by atoms with Crippen LogP contribution in [-0.2, 0) is 0 Å². The number of hydrogen-bond donors (Lipinski definition) is 1. The predicted octanol–water partition coefficient (Wildman–Crippen LogP) is 2.46. The van der Waals surface area contributed by atoms with E-state index >= 15 is 0 Å². The molecule has 2 aromatic rings. The molecule has 0 radical (unpaired) electrons. The molecular formula is C13H15N5OS. The van der Waals surface area contributed by atoms with Gasteiger partial charge in [-0.05, 0) is 25.1 Å². The van der Waals surface area contributed by atoms with Gasteiger partial charge in [-0.25, -0.2) is 9.78 Å². The maximum absolute atomic E-state index is 12.0. The van der Waals surface area contributed by atoms with Crippen molar-refractivity contribution in [1.82, 2.24) is 14.3 Å². The highest BCUT2D eigenvalue weighted by molar-refractivity contribution is 7.09. The lowest BCUT2D eigenvalue weighted by molar-refractivity contribution is 0.229. The Morgan fingerprint density at radius 2 is 2.20 bits per heavy atom. The second kappa shape index (κ2) is 5.09. The lowest BCUT2D eigenvalue weighted by atomic mass is 10.2. The first kappa shape index (κ1) is 12.9. The van der Waals surface area contributed by atoms with Crippen molar-refractivity contribution in [2.75, 3.05) is 30.4 Å². The molecule has 1 aliphatic rings. The molecule has 20 heavy (non-hydrogen) atoms. The van der Waals surface area contributed by atoms with Gasteiger partial charge in [0.2, 0.25) is 5.13 Å². The molecule has 1 N–H and O–H groups in total. The minimum Gasteiger partial charge on any atom is -0.330 e. The van der Waals surface area contributed by atoms with Crippen LogP contribution in [0, 0.1) is 6.92 Å². The fourth-order valence-electron chi connectivity index (χ4n) is 2.11. The molecule has 104 valence electrons. The van der Waals surface area contributed by atoms with E-state index in [-0.39, 0.29) is 6.03 Å². The molecule has 0 aliphatic carbocycles. The van der Waals surface area contributed by atoms with Crippen molar-refractivity contribution in [2.24, 2.45) is 0 Å².